The van der Waals surface area contributed by atoms with Gasteiger partial charge in [0.1, 0.15) is 12.4 Å². The summed E-state index contributed by atoms with van der Waals surface area (Å²) in [6, 6.07) is 1.74. The van der Waals surface area contributed by atoms with Gasteiger partial charge in [0.2, 0.25) is 0 Å². The Labute approximate surface area is 95.0 Å². The first-order chi connectivity index (χ1) is 7.74. The van der Waals surface area contributed by atoms with Crippen molar-refractivity contribution in [3.05, 3.63) is 17.6 Å². The standard InChI is InChI=1S/C11H17N3O2/c1-8-4-10(12)14-11(13-8)7-16-6-9-2-3-15-5-9/h4,9H,2-3,5-7H2,1H3,(H2,12,13,14). The lowest BCUT2D eigenvalue weighted by Crippen LogP contribution is -2.11. The van der Waals surface area contributed by atoms with Gasteiger partial charge in [-0.15, -0.1) is 0 Å². The van der Waals surface area contributed by atoms with Crippen LogP contribution in [0, 0.1) is 12.8 Å². The topological polar surface area (TPSA) is 70.3 Å². The van der Waals surface area contributed by atoms with Crippen molar-refractivity contribution < 1.29 is 9.47 Å². The van der Waals surface area contributed by atoms with E-state index in [1.807, 2.05) is 6.92 Å². The number of anilines is 1. The predicted octanol–water partition coefficient (Wildman–Crippen LogP) is 0.920. The van der Waals surface area contributed by atoms with Gasteiger partial charge in [0, 0.05) is 24.3 Å². The number of nitrogens with two attached hydrogens (primary N) is 1. The van der Waals surface area contributed by atoms with Gasteiger partial charge in [0.25, 0.3) is 0 Å². The molecule has 1 saturated heterocycles. The van der Waals surface area contributed by atoms with Crippen LogP contribution in [-0.4, -0.2) is 29.8 Å². The highest BCUT2D eigenvalue weighted by atomic mass is 16.5. The Morgan fingerprint density at radius 1 is 1.56 bits per heavy atom. The summed E-state index contributed by atoms with van der Waals surface area (Å²) in [5.74, 6) is 1.66. The first-order valence-corrected chi connectivity index (χ1v) is 5.49. The zero-order valence-electron chi connectivity index (χ0n) is 9.48. The molecule has 2 N–H and O–H groups in total. The molecule has 5 nitrogen and oxygen atoms in total. The Kier molecular flexibility index (Phi) is 3.69. The Morgan fingerprint density at radius 3 is 3.12 bits per heavy atom. The molecule has 0 amide bonds. The molecule has 0 spiro atoms. The molecule has 16 heavy (non-hydrogen) atoms. The Hall–Kier alpha value is -1.20. The van der Waals surface area contributed by atoms with Crippen LogP contribution in [0.5, 0.6) is 0 Å². The minimum Gasteiger partial charge on any atom is -0.384 e. The fraction of sp³-hybridized carbons (Fsp3) is 0.636. The van der Waals surface area contributed by atoms with Gasteiger partial charge in [-0.3, -0.25) is 0 Å². The van der Waals surface area contributed by atoms with Gasteiger partial charge in [0.15, 0.2) is 5.82 Å². The van der Waals surface area contributed by atoms with Crippen LogP contribution in [0.15, 0.2) is 6.07 Å². The third-order valence-corrected chi connectivity index (χ3v) is 2.53. The summed E-state index contributed by atoms with van der Waals surface area (Å²) in [7, 11) is 0. The molecule has 88 valence electrons. The summed E-state index contributed by atoms with van der Waals surface area (Å²) < 4.78 is 10.8. The lowest BCUT2D eigenvalue weighted by atomic mass is 10.1. The van der Waals surface area contributed by atoms with E-state index in [9.17, 15) is 0 Å². The second-order valence-electron chi connectivity index (χ2n) is 4.10. The molecule has 0 saturated carbocycles. The van der Waals surface area contributed by atoms with E-state index in [2.05, 4.69) is 9.97 Å². The Bertz CT molecular complexity index is 331. The molecule has 2 rings (SSSR count). The van der Waals surface area contributed by atoms with Crippen molar-refractivity contribution in [2.24, 2.45) is 5.92 Å². The number of nitrogen functional groups attached to an aromatic ring is 1. The van der Waals surface area contributed by atoms with Crippen LogP contribution >= 0.6 is 0 Å². The van der Waals surface area contributed by atoms with Crippen molar-refractivity contribution >= 4 is 5.82 Å². The van der Waals surface area contributed by atoms with Crippen molar-refractivity contribution in [3.63, 3.8) is 0 Å². The van der Waals surface area contributed by atoms with E-state index in [0.29, 0.717) is 30.8 Å². The quantitative estimate of drug-likeness (QED) is 0.822. The van der Waals surface area contributed by atoms with Crippen LogP contribution in [0.1, 0.15) is 17.9 Å². The van der Waals surface area contributed by atoms with E-state index in [0.717, 1.165) is 25.3 Å². The molecule has 0 bridgehead atoms. The van der Waals surface area contributed by atoms with Crippen molar-refractivity contribution in [2.75, 3.05) is 25.6 Å². The van der Waals surface area contributed by atoms with E-state index in [1.165, 1.54) is 0 Å². The summed E-state index contributed by atoms with van der Waals surface area (Å²) in [6.45, 7) is 4.67. The summed E-state index contributed by atoms with van der Waals surface area (Å²) in [4.78, 5) is 8.36. The lowest BCUT2D eigenvalue weighted by molar-refractivity contribution is 0.0753. The summed E-state index contributed by atoms with van der Waals surface area (Å²) >= 11 is 0. The zero-order chi connectivity index (χ0) is 11.4. The molecule has 0 aromatic carbocycles. The molecule has 1 aromatic rings. The predicted molar refractivity (Wildman–Crippen MR) is 59.8 cm³/mol. The Morgan fingerprint density at radius 2 is 2.44 bits per heavy atom. The Balaban J connectivity index is 1.80. The second kappa shape index (κ2) is 5.23. The minimum absolute atomic E-state index is 0.419. The second-order valence-corrected chi connectivity index (χ2v) is 4.10. The van der Waals surface area contributed by atoms with Crippen LogP contribution in [-0.2, 0) is 16.1 Å². The number of hydrogen-bond acceptors (Lipinski definition) is 5. The maximum atomic E-state index is 5.63. The molecular weight excluding hydrogens is 206 g/mol. The molecule has 2 heterocycles. The average molecular weight is 223 g/mol. The van der Waals surface area contributed by atoms with Crippen LogP contribution in [0.4, 0.5) is 5.82 Å². The average Bonchev–Trinajstić information content (AvgIpc) is 2.69. The maximum Gasteiger partial charge on any atom is 0.156 e. The van der Waals surface area contributed by atoms with Crippen LogP contribution in [0.2, 0.25) is 0 Å². The van der Waals surface area contributed by atoms with E-state index in [-0.39, 0.29) is 0 Å². The van der Waals surface area contributed by atoms with E-state index in [1.54, 1.807) is 6.07 Å². The highest BCUT2D eigenvalue weighted by molar-refractivity contribution is 5.28. The van der Waals surface area contributed by atoms with Crippen LogP contribution in [0.3, 0.4) is 0 Å². The van der Waals surface area contributed by atoms with Gasteiger partial charge >= 0.3 is 0 Å². The molecule has 1 fully saturated rings. The highest BCUT2D eigenvalue weighted by Crippen LogP contribution is 2.13. The van der Waals surface area contributed by atoms with Crippen molar-refractivity contribution in [1.82, 2.24) is 9.97 Å². The maximum absolute atomic E-state index is 5.63. The van der Waals surface area contributed by atoms with Gasteiger partial charge in [0.05, 0.1) is 13.2 Å². The number of rotatable bonds is 4. The third-order valence-electron chi connectivity index (χ3n) is 2.53. The molecule has 0 aliphatic carbocycles. The molecule has 1 aliphatic rings. The number of ether oxygens (including phenoxy) is 2. The summed E-state index contributed by atoms with van der Waals surface area (Å²) in [5.41, 5.74) is 6.50. The first kappa shape index (κ1) is 11.3. The number of hydrogen-bond donors (Lipinski definition) is 1. The zero-order valence-corrected chi connectivity index (χ0v) is 9.48. The number of nitrogens with zero attached hydrogens (tertiary/aromatic N) is 2. The fourth-order valence-electron chi connectivity index (χ4n) is 1.75. The van der Waals surface area contributed by atoms with Crippen LogP contribution < -0.4 is 5.73 Å². The minimum atomic E-state index is 0.419. The first-order valence-electron chi connectivity index (χ1n) is 5.49. The van der Waals surface area contributed by atoms with Gasteiger partial charge in [-0.05, 0) is 13.3 Å². The molecule has 5 heteroatoms. The van der Waals surface area contributed by atoms with Crippen LogP contribution in [0.25, 0.3) is 0 Å². The number of aromatic nitrogens is 2. The lowest BCUT2D eigenvalue weighted by Gasteiger charge is -2.08. The van der Waals surface area contributed by atoms with Gasteiger partial charge in [-0.25, -0.2) is 9.97 Å². The smallest absolute Gasteiger partial charge is 0.156 e. The van der Waals surface area contributed by atoms with Gasteiger partial charge in [-0.1, -0.05) is 0 Å². The van der Waals surface area contributed by atoms with E-state index < -0.39 is 0 Å². The molecule has 0 radical (unpaired) electrons. The van der Waals surface area contributed by atoms with Crippen molar-refractivity contribution in [1.29, 1.82) is 0 Å². The summed E-state index contributed by atoms with van der Waals surface area (Å²) in [6.07, 6.45) is 1.08. The van der Waals surface area contributed by atoms with Crippen molar-refractivity contribution in [2.45, 2.75) is 20.0 Å². The molecule has 1 aromatic heterocycles. The third kappa shape index (κ3) is 3.15. The monoisotopic (exact) mass is 223 g/mol. The largest absolute Gasteiger partial charge is 0.384 e. The summed E-state index contributed by atoms with van der Waals surface area (Å²) in [5, 5.41) is 0. The fourth-order valence-corrected chi connectivity index (χ4v) is 1.75. The molecule has 1 aliphatic heterocycles. The van der Waals surface area contributed by atoms with Gasteiger partial charge in [-0.2, -0.15) is 0 Å². The molecule has 1 unspecified atom stereocenters. The van der Waals surface area contributed by atoms with Gasteiger partial charge < -0.3 is 15.2 Å². The molecule has 1 atom stereocenters. The molecular formula is C11H17N3O2. The highest BCUT2D eigenvalue weighted by Gasteiger charge is 2.15. The normalized spacial score (nSPS) is 20.2. The van der Waals surface area contributed by atoms with E-state index >= 15 is 0 Å². The van der Waals surface area contributed by atoms with Crippen molar-refractivity contribution in [3.8, 4) is 0 Å². The van der Waals surface area contributed by atoms with E-state index in [4.69, 9.17) is 15.2 Å². The number of aryl methyl sites for hydroxylation is 1. The SMILES string of the molecule is Cc1cc(N)nc(COCC2CCOC2)n1.